The first-order chi connectivity index (χ1) is 19.7. The van der Waals surface area contributed by atoms with Crippen LogP contribution in [0.2, 0.25) is 10.3 Å². The molecule has 0 radical (unpaired) electrons. The summed E-state index contributed by atoms with van der Waals surface area (Å²) in [5, 5.41) is 3.20. The van der Waals surface area contributed by atoms with E-state index < -0.39 is 11.7 Å². The Morgan fingerprint density at radius 1 is 0.857 bits per heavy atom. The lowest BCUT2D eigenvalue weighted by atomic mass is 10.1. The van der Waals surface area contributed by atoms with E-state index in [-0.39, 0.29) is 28.8 Å². The summed E-state index contributed by atoms with van der Waals surface area (Å²) >= 11 is 13.5. The molecule has 4 aromatic rings. The minimum Gasteiger partial charge on any atom is -0.398 e. The summed E-state index contributed by atoms with van der Waals surface area (Å²) in [5.74, 6) is 0.0564. The lowest BCUT2D eigenvalue weighted by molar-refractivity contribution is -0.137. The number of carbonyl (C=O) groups is 2. The van der Waals surface area contributed by atoms with Crippen molar-refractivity contribution in [1.29, 1.82) is 0 Å². The lowest BCUT2D eigenvalue weighted by Gasteiger charge is -2.16. The molecule has 0 unspecified atom stereocenters. The number of alkyl halides is 3. The number of nitrogens with two attached hydrogens (primary N) is 1. The molecular weight excluding hydrogens is 703 g/mol. The second-order valence-corrected chi connectivity index (χ2v) is 11.0. The Balaban J connectivity index is 0.000000255. The fourth-order valence-corrected chi connectivity index (χ4v) is 4.34. The molecule has 0 aliphatic rings. The molecule has 2 heterocycles. The van der Waals surface area contributed by atoms with E-state index in [0.29, 0.717) is 34.7 Å². The Morgan fingerprint density at radius 3 is 1.93 bits per heavy atom. The topological polar surface area (TPSA) is 98.0 Å². The maximum Gasteiger partial charge on any atom is 0.419 e. The lowest BCUT2D eigenvalue weighted by Crippen LogP contribution is -2.10. The molecule has 0 fully saturated rings. The Kier molecular flexibility index (Phi) is 13.7. The number of benzene rings is 2. The number of nitrogen functional groups attached to an aromatic ring is 1. The second-order valence-electron chi connectivity index (χ2n) is 9.05. The van der Waals surface area contributed by atoms with Crippen LogP contribution in [-0.2, 0) is 28.6 Å². The molecule has 0 aliphatic carbocycles. The van der Waals surface area contributed by atoms with Crippen LogP contribution in [0.25, 0.3) is 0 Å². The average molecular weight is 731 g/mol. The molecule has 0 bridgehead atoms. The number of nitrogens with zero attached hydrogens (tertiary/aromatic N) is 2. The summed E-state index contributed by atoms with van der Waals surface area (Å²) in [6.45, 7) is 4.98. The van der Waals surface area contributed by atoms with Gasteiger partial charge in [0, 0.05) is 40.2 Å². The molecule has 4 rings (SSSR count). The predicted octanol–water partition coefficient (Wildman–Crippen LogP) is 8.68. The van der Waals surface area contributed by atoms with Crippen LogP contribution in [0.4, 0.5) is 30.2 Å². The van der Waals surface area contributed by atoms with Crippen molar-refractivity contribution in [2.75, 3.05) is 11.1 Å². The number of halogens is 6. The molecule has 0 atom stereocenters. The zero-order valence-electron chi connectivity index (χ0n) is 22.9. The summed E-state index contributed by atoms with van der Waals surface area (Å²) in [4.78, 5) is 29.3. The SMILES string of the molecule is CC(=O)Cc1ccccc1N.CC(=O)Cc1ccccc1Nc1cc(Cl)ncc1C(F)(F)F.Cc1cnc(Cl)cc1I. The number of aryl methyl sites for hydroxylation is 1. The number of hydrogen-bond acceptors (Lipinski definition) is 6. The van der Waals surface area contributed by atoms with Gasteiger partial charge < -0.3 is 11.1 Å². The molecule has 42 heavy (non-hydrogen) atoms. The van der Waals surface area contributed by atoms with Gasteiger partial charge in [-0.15, -0.1) is 0 Å². The van der Waals surface area contributed by atoms with Crippen LogP contribution in [0.1, 0.15) is 36.1 Å². The van der Waals surface area contributed by atoms with Crippen LogP contribution in [0.3, 0.4) is 0 Å². The highest BCUT2D eigenvalue weighted by atomic mass is 127. The molecule has 0 saturated carbocycles. The first-order valence-corrected chi connectivity index (χ1v) is 14.2. The highest BCUT2D eigenvalue weighted by molar-refractivity contribution is 14.1. The van der Waals surface area contributed by atoms with Crippen molar-refractivity contribution < 1.29 is 22.8 Å². The zero-order valence-corrected chi connectivity index (χ0v) is 26.6. The van der Waals surface area contributed by atoms with Gasteiger partial charge in [0.15, 0.2) is 0 Å². The van der Waals surface area contributed by atoms with E-state index in [9.17, 15) is 22.8 Å². The molecule has 2 aromatic heterocycles. The van der Waals surface area contributed by atoms with E-state index in [4.69, 9.17) is 28.9 Å². The number of aromatic nitrogens is 2. The third-order valence-electron chi connectivity index (χ3n) is 5.40. The third-order valence-corrected chi connectivity index (χ3v) is 6.98. The molecule has 3 N–H and O–H groups in total. The molecule has 0 spiro atoms. The molecule has 222 valence electrons. The standard InChI is InChI=1S/C15H12ClF3N2O.C9H11NO.C6H5ClIN/c1-9(22)6-10-4-2-3-5-12(10)21-13-7-14(16)20-8-11(13)15(17,18)19;1-7(11)6-8-4-2-3-5-9(8)10;1-4-3-9-6(7)2-5(4)8/h2-5,7-8H,6H2,1H3,(H,20,21);2-5H,6,10H2,1H3;2-3H,1H3. The number of pyridine rings is 2. The molecule has 0 amide bonds. The Morgan fingerprint density at radius 2 is 1.38 bits per heavy atom. The minimum atomic E-state index is -4.56. The molecule has 0 saturated heterocycles. The van der Waals surface area contributed by atoms with Gasteiger partial charge in [0.2, 0.25) is 0 Å². The van der Waals surface area contributed by atoms with E-state index in [1.54, 1.807) is 43.5 Å². The smallest absolute Gasteiger partial charge is 0.398 e. The average Bonchev–Trinajstić information content (AvgIpc) is 2.89. The first kappa shape index (κ1) is 35.0. The molecule has 6 nitrogen and oxygen atoms in total. The van der Waals surface area contributed by atoms with Crippen molar-refractivity contribution >= 4 is 74.4 Å². The predicted molar refractivity (Wildman–Crippen MR) is 170 cm³/mol. The summed E-state index contributed by atoms with van der Waals surface area (Å²) in [7, 11) is 0. The van der Waals surface area contributed by atoms with Crippen molar-refractivity contribution in [1.82, 2.24) is 9.97 Å². The molecule has 12 heteroatoms. The van der Waals surface area contributed by atoms with Crippen LogP contribution in [0, 0.1) is 10.5 Å². The number of rotatable bonds is 6. The van der Waals surface area contributed by atoms with Crippen LogP contribution in [-0.4, -0.2) is 21.5 Å². The van der Waals surface area contributed by atoms with E-state index in [2.05, 4.69) is 37.9 Å². The molecule has 0 aliphatic heterocycles. The van der Waals surface area contributed by atoms with E-state index in [1.807, 2.05) is 31.2 Å². The van der Waals surface area contributed by atoms with Gasteiger partial charge in [-0.1, -0.05) is 59.6 Å². The van der Waals surface area contributed by atoms with E-state index >= 15 is 0 Å². The highest BCUT2D eigenvalue weighted by Crippen LogP contribution is 2.37. The van der Waals surface area contributed by atoms with Crippen LogP contribution < -0.4 is 11.1 Å². The minimum absolute atomic E-state index is 0.0560. The quantitative estimate of drug-likeness (QED) is 0.117. The van der Waals surface area contributed by atoms with Gasteiger partial charge in [0.1, 0.15) is 21.9 Å². The van der Waals surface area contributed by atoms with Crippen molar-refractivity contribution in [2.24, 2.45) is 0 Å². The zero-order chi connectivity index (χ0) is 31.4. The molecular formula is C30H28Cl2F3IN4O2. The summed E-state index contributed by atoms with van der Waals surface area (Å²) < 4.78 is 40.2. The second kappa shape index (κ2) is 16.4. The molecule has 2 aromatic carbocycles. The number of carbonyl (C=O) groups excluding carboxylic acids is 2. The Labute approximate surface area is 266 Å². The van der Waals surface area contributed by atoms with Gasteiger partial charge in [-0.2, -0.15) is 13.2 Å². The maximum atomic E-state index is 13.0. The maximum absolute atomic E-state index is 13.0. The van der Waals surface area contributed by atoms with Gasteiger partial charge >= 0.3 is 6.18 Å². The third kappa shape index (κ3) is 11.9. The Hall–Kier alpha value is -3.22. The number of Topliss-reactive ketones (excluding diaryl/α,β-unsaturated/α-hetero) is 2. The van der Waals surface area contributed by atoms with Gasteiger partial charge in [-0.3, -0.25) is 9.59 Å². The van der Waals surface area contributed by atoms with Crippen molar-refractivity contribution in [3.63, 3.8) is 0 Å². The fraction of sp³-hybridized carbons (Fsp3) is 0.200. The summed E-state index contributed by atoms with van der Waals surface area (Å²) in [5.41, 5.74) is 8.30. The van der Waals surface area contributed by atoms with Gasteiger partial charge in [-0.05, 0) is 84.3 Å². The van der Waals surface area contributed by atoms with Crippen molar-refractivity contribution in [3.8, 4) is 0 Å². The van der Waals surface area contributed by atoms with Gasteiger partial charge in [0.05, 0.1) is 11.3 Å². The van der Waals surface area contributed by atoms with Crippen LogP contribution in [0.5, 0.6) is 0 Å². The number of anilines is 3. The highest BCUT2D eigenvalue weighted by Gasteiger charge is 2.34. The Bertz CT molecular complexity index is 1530. The monoisotopic (exact) mass is 730 g/mol. The number of ketones is 2. The van der Waals surface area contributed by atoms with Crippen LogP contribution >= 0.6 is 45.8 Å². The van der Waals surface area contributed by atoms with Crippen molar-refractivity contribution in [3.05, 3.63) is 109 Å². The summed E-state index contributed by atoms with van der Waals surface area (Å²) in [6.07, 6.45) is -1.55. The van der Waals surface area contributed by atoms with Gasteiger partial charge in [0.25, 0.3) is 0 Å². The number of para-hydroxylation sites is 2. The first-order valence-electron chi connectivity index (χ1n) is 12.3. The largest absolute Gasteiger partial charge is 0.419 e. The fourth-order valence-electron chi connectivity index (χ4n) is 3.41. The number of nitrogens with one attached hydrogen (secondary N) is 1. The van der Waals surface area contributed by atoms with Crippen LogP contribution in [0.15, 0.2) is 73.1 Å². The van der Waals surface area contributed by atoms with E-state index in [0.717, 1.165) is 15.2 Å². The number of hydrogen-bond donors (Lipinski definition) is 2. The normalized spacial score (nSPS) is 10.5. The van der Waals surface area contributed by atoms with Gasteiger partial charge in [-0.25, -0.2) is 9.97 Å². The summed E-state index contributed by atoms with van der Waals surface area (Å²) in [6, 6.07) is 17.0. The van der Waals surface area contributed by atoms with E-state index in [1.165, 1.54) is 12.5 Å². The van der Waals surface area contributed by atoms with Crippen molar-refractivity contribution in [2.45, 2.75) is 39.8 Å².